The molecule has 2 aliphatic heterocycles. The Labute approximate surface area is 211 Å². The van der Waals surface area contributed by atoms with Crippen molar-refractivity contribution in [2.24, 2.45) is 0 Å². The summed E-state index contributed by atoms with van der Waals surface area (Å²) in [5.74, 6) is 3.20. The highest BCUT2D eigenvalue weighted by molar-refractivity contribution is 5.50. The number of methoxy groups -OCH3 is 3. The van der Waals surface area contributed by atoms with Gasteiger partial charge in [-0.05, 0) is 65.7 Å². The first-order valence-electron chi connectivity index (χ1n) is 12.4. The summed E-state index contributed by atoms with van der Waals surface area (Å²) in [5, 5.41) is 12.9. The normalized spacial score (nSPS) is 19.3. The van der Waals surface area contributed by atoms with Gasteiger partial charge in [-0.1, -0.05) is 0 Å². The summed E-state index contributed by atoms with van der Waals surface area (Å²) < 4.78 is 24.5. The van der Waals surface area contributed by atoms with Crippen molar-refractivity contribution in [3.63, 3.8) is 0 Å². The number of anilines is 1. The van der Waals surface area contributed by atoms with Crippen LogP contribution in [0.15, 0.2) is 42.5 Å². The molecule has 0 spiro atoms. The molecule has 36 heavy (non-hydrogen) atoms. The summed E-state index contributed by atoms with van der Waals surface area (Å²) >= 11 is 0. The van der Waals surface area contributed by atoms with Crippen LogP contribution in [0.2, 0.25) is 0 Å². The highest BCUT2D eigenvalue weighted by Crippen LogP contribution is 2.37. The zero-order valence-corrected chi connectivity index (χ0v) is 21.2. The van der Waals surface area contributed by atoms with Gasteiger partial charge in [0.1, 0.15) is 23.3 Å². The highest BCUT2D eigenvalue weighted by atomic mass is 16.5. The number of nitrogens with zero attached hydrogens (tertiary/aromatic N) is 6. The predicted molar refractivity (Wildman–Crippen MR) is 135 cm³/mol. The lowest BCUT2D eigenvalue weighted by Crippen LogP contribution is -2.48. The molecule has 0 radical (unpaired) electrons. The van der Waals surface area contributed by atoms with Crippen LogP contribution in [-0.2, 0) is 11.3 Å². The maximum Gasteiger partial charge on any atom is 0.173 e. The van der Waals surface area contributed by atoms with Gasteiger partial charge in [0, 0.05) is 44.0 Å². The third-order valence-corrected chi connectivity index (χ3v) is 7.05. The minimum absolute atomic E-state index is 0.132. The van der Waals surface area contributed by atoms with Gasteiger partial charge < -0.3 is 23.8 Å². The average molecular weight is 495 g/mol. The van der Waals surface area contributed by atoms with E-state index in [0.29, 0.717) is 6.54 Å². The number of aromatic nitrogens is 4. The van der Waals surface area contributed by atoms with Gasteiger partial charge in [0.2, 0.25) is 0 Å². The first-order chi connectivity index (χ1) is 17.7. The molecule has 10 nitrogen and oxygen atoms in total. The van der Waals surface area contributed by atoms with Crippen molar-refractivity contribution in [1.29, 1.82) is 0 Å². The molecular formula is C26H34N6O4. The molecule has 2 aliphatic rings. The molecule has 0 amide bonds. The minimum Gasteiger partial charge on any atom is -0.497 e. The second-order valence-corrected chi connectivity index (χ2v) is 9.09. The standard InChI is InChI=1S/C26H34N6O4/c1-33-20-8-6-19(7-9-20)30-12-14-31(15-13-30)25(23-17-21(34-2)10-11-24(23)35-3)26-27-28-29-32(26)18-22-5-4-16-36-22/h6-11,17,22,25H,4-5,12-16,18H2,1-3H3/t22-,25+/m1/s1. The molecule has 2 saturated heterocycles. The zero-order chi connectivity index (χ0) is 24.9. The average Bonchev–Trinajstić information content (AvgIpc) is 3.62. The molecular weight excluding hydrogens is 460 g/mol. The zero-order valence-electron chi connectivity index (χ0n) is 21.2. The quantitative estimate of drug-likeness (QED) is 0.446. The van der Waals surface area contributed by atoms with Crippen LogP contribution >= 0.6 is 0 Å². The van der Waals surface area contributed by atoms with Crippen molar-refractivity contribution >= 4 is 5.69 Å². The molecule has 2 atom stereocenters. The van der Waals surface area contributed by atoms with Crippen molar-refractivity contribution in [2.45, 2.75) is 31.5 Å². The van der Waals surface area contributed by atoms with Gasteiger partial charge in [-0.3, -0.25) is 4.90 Å². The van der Waals surface area contributed by atoms with Gasteiger partial charge in [-0.15, -0.1) is 5.10 Å². The lowest BCUT2D eigenvalue weighted by Gasteiger charge is -2.40. The van der Waals surface area contributed by atoms with Gasteiger partial charge in [-0.25, -0.2) is 4.68 Å². The second kappa shape index (κ2) is 11.1. The monoisotopic (exact) mass is 494 g/mol. The number of hydrogen-bond donors (Lipinski definition) is 0. The molecule has 2 fully saturated rings. The Kier molecular flexibility index (Phi) is 7.52. The molecule has 192 valence electrons. The summed E-state index contributed by atoms with van der Waals surface area (Å²) in [6, 6.07) is 13.9. The predicted octanol–water partition coefficient (Wildman–Crippen LogP) is 2.79. The number of hydrogen-bond acceptors (Lipinski definition) is 9. The third-order valence-electron chi connectivity index (χ3n) is 7.05. The van der Waals surface area contributed by atoms with Crippen molar-refractivity contribution in [3.8, 4) is 17.2 Å². The molecule has 0 saturated carbocycles. The SMILES string of the molecule is COc1ccc(N2CCN([C@@H](c3cc(OC)ccc3OC)c3nnnn3C[C@H]3CCCO3)CC2)cc1. The molecule has 3 aromatic rings. The summed E-state index contributed by atoms with van der Waals surface area (Å²) in [7, 11) is 5.06. The Bertz CT molecular complexity index is 1120. The van der Waals surface area contributed by atoms with Crippen LogP contribution in [-0.4, -0.2) is 85.3 Å². The molecule has 3 heterocycles. The van der Waals surface area contributed by atoms with E-state index in [4.69, 9.17) is 18.9 Å². The van der Waals surface area contributed by atoms with E-state index in [0.717, 1.165) is 74.3 Å². The summed E-state index contributed by atoms with van der Waals surface area (Å²) in [5.41, 5.74) is 2.17. The van der Waals surface area contributed by atoms with E-state index in [1.165, 1.54) is 5.69 Å². The van der Waals surface area contributed by atoms with E-state index in [-0.39, 0.29) is 12.1 Å². The number of benzene rings is 2. The van der Waals surface area contributed by atoms with Gasteiger partial charge >= 0.3 is 0 Å². The first kappa shape index (κ1) is 24.3. The Morgan fingerprint density at radius 2 is 1.69 bits per heavy atom. The van der Waals surface area contributed by atoms with E-state index in [2.05, 4.69) is 37.5 Å². The van der Waals surface area contributed by atoms with E-state index >= 15 is 0 Å². The molecule has 0 unspecified atom stereocenters. The highest BCUT2D eigenvalue weighted by Gasteiger charge is 2.34. The number of piperazine rings is 1. The van der Waals surface area contributed by atoms with Gasteiger partial charge in [0.25, 0.3) is 0 Å². The summed E-state index contributed by atoms with van der Waals surface area (Å²) in [6.45, 7) is 4.86. The fraction of sp³-hybridized carbons (Fsp3) is 0.500. The fourth-order valence-electron chi connectivity index (χ4n) is 5.10. The molecule has 1 aromatic heterocycles. The molecule has 0 bridgehead atoms. The molecule has 0 N–H and O–H groups in total. The van der Waals surface area contributed by atoms with E-state index in [9.17, 15) is 0 Å². The van der Waals surface area contributed by atoms with E-state index in [1.54, 1.807) is 21.3 Å². The lowest BCUT2D eigenvalue weighted by molar-refractivity contribution is 0.0906. The van der Waals surface area contributed by atoms with Crippen LogP contribution in [0.4, 0.5) is 5.69 Å². The maximum atomic E-state index is 5.88. The van der Waals surface area contributed by atoms with Crippen LogP contribution in [0.5, 0.6) is 17.2 Å². The topological polar surface area (TPSA) is 87.0 Å². The van der Waals surface area contributed by atoms with Crippen LogP contribution in [0.1, 0.15) is 30.3 Å². The summed E-state index contributed by atoms with van der Waals surface area (Å²) in [6.07, 6.45) is 2.22. The van der Waals surface area contributed by atoms with Crippen molar-refractivity contribution in [3.05, 3.63) is 53.9 Å². The smallest absolute Gasteiger partial charge is 0.173 e. The van der Waals surface area contributed by atoms with Gasteiger partial charge in [0.15, 0.2) is 5.82 Å². The van der Waals surface area contributed by atoms with Crippen molar-refractivity contribution < 1.29 is 18.9 Å². The molecule has 10 heteroatoms. The van der Waals surface area contributed by atoms with Crippen LogP contribution in [0.25, 0.3) is 0 Å². The second-order valence-electron chi connectivity index (χ2n) is 9.09. The van der Waals surface area contributed by atoms with Crippen molar-refractivity contribution in [2.75, 3.05) is 59.0 Å². The maximum absolute atomic E-state index is 5.88. The van der Waals surface area contributed by atoms with E-state index in [1.807, 2.05) is 35.0 Å². The Morgan fingerprint density at radius 1 is 0.944 bits per heavy atom. The van der Waals surface area contributed by atoms with Gasteiger partial charge in [0.05, 0.1) is 34.0 Å². The third kappa shape index (κ3) is 5.10. The minimum atomic E-state index is -0.190. The van der Waals surface area contributed by atoms with Crippen molar-refractivity contribution in [1.82, 2.24) is 25.1 Å². The number of rotatable bonds is 9. The molecule has 0 aliphatic carbocycles. The van der Waals surface area contributed by atoms with E-state index < -0.39 is 0 Å². The number of ether oxygens (including phenoxy) is 4. The lowest BCUT2D eigenvalue weighted by atomic mass is 10.0. The first-order valence-corrected chi connectivity index (χ1v) is 12.4. The summed E-state index contributed by atoms with van der Waals surface area (Å²) in [4.78, 5) is 4.82. The van der Waals surface area contributed by atoms with Crippen LogP contribution in [0, 0.1) is 0 Å². The molecule has 5 rings (SSSR count). The Hall–Kier alpha value is -3.37. The molecule has 2 aromatic carbocycles. The Balaban J connectivity index is 1.44. The fourth-order valence-corrected chi connectivity index (χ4v) is 5.10. The largest absolute Gasteiger partial charge is 0.497 e. The number of tetrazole rings is 1. The van der Waals surface area contributed by atoms with Crippen LogP contribution < -0.4 is 19.1 Å². The van der Waals surface area contributed by atoms with Crippen LogP contribution in [0.3, 0.4) is 0 Å². The Morgan fingerprint density at radius 3 is 2.36 bits per heavy atom. The van der Waals surface area contributed by atoms with Gasteiger partial charge in [-0.2, -0.15) is 0 Å².